The lowest BCUT2D eigenvalue weighted by Gasteiger charge is -2.32. The number of amides is 2. The highest BCUT2D eigenvalue weighted by atomic mass is 79.9. The summed E-state index contributed by atoms with van der Waals surface area (Å²) in [5, 5.41) is 0.802. The molecule has 2 amide bonds. The van der Waals surface area contributed by atoms with E-state index in [0.717, 1.165) is 10.0 Å². The molecule has 2 aromatic rings. The molecule has 1 aliphatic rings. The number of carbonyl (C=O) groups is 2. The van der Waals surface area contributed by atoms with Crippen molar-refractivity contribution in [2.75, 3.05) is 4.90 Å². The third kappa shape index (κ3) is 3.71. The first-order chi connectivity index (χ1) is 13.2. The number of anilines is 1. The lowest BCUT2D eigenvalue weighted by Crippen LogP contribution is -2.50. The molecule has 0 bridgehead atoms. The summed E-state index contributed by atoms with van der Waals surface area (Å²) < 4.78 is 0.945. The van der Waals surface area contributed by atoms with Crippen molar-refractivity contribution in [1.82, 2.24) is 4.90 Å². The molecule has 0 spiro atoms. The number of hydrogen-bond donors (Lipinski definition) is 0. The standard InChI is InChI=1S/C21H19BrCl2N2O2/c1-4-19(27)26-13(2)25(18-10-16(23)9-17(24)11-18)20(28)21(26,3)12-14-5-7-15(22)8-6-14/h5-11H,2,4,12H2,1,3H3/t21-/m1/s1. The minimum absolute atomic E-state index is 0.173. The van der Waals surface area contributed by atoms with Crippen molar-refractivity contribution < 1.29 is 9.59 Å². The van der Waals surface area contributed by atoms with Crippen molar-refractivity contribution in [2.45, 2.75) is 32.2 Å². The van der Waals surface area contributed by atoms with Crippen LogP contribution in [-0.4, -0.2) is 22.3 Å². The summed E-state index contributed by atoms with van der Waals surface area (Å²) in [4.78, 5) is 29.2. The number of carbonyl (C=O) groups excluding carboxylic acids is 2. The Balaban J connectivity index is 2.08. The van der Waals surface area contributed by atoms with Gasteiger partial charge >= 0.3 is 0 Å². The molecule has 4 nitrogen and oxygen atoms in total. The van der Waals surface area contributed by atoms with E-state index in [2.05, 4.69) is 22.5 Å². The summed E-state index contributed by atoms with van der Waals surface area (Å²) in [6.07, 6.45) is 0.612. The molecule has 7 heteroatoms. The van der Waals surface area contributed by atoms with Gasteiger partial charge in [-0.3, -0.25) is 19.4 Å². The molecular formula is C21H19BrCl2N2O2. The second kappa shape index (κ2) is 7.90. The van der Waals surface area contributed by atoms with Crippen LogP contribution in [0.1, 0.15) is 25.8 Å². The van der Waals surface area contributed by atoms with Gasteiger partial charge in [-0.15, -0.1) is 0 Å². The predicted octanol–water partition coefficient (Wildman–Crippen LogP) is 5.81. The van der Waals surface area contributed by atoms with Crippen LogP contribution in [0, 0.1) is 0 Å². The zero-order valence-electron chi connectivity index (χ0n) is 15.5. The number of rotatable bonds is 4. The van der Waals surface area contributed by atoms with Gasteiger partial charge in [-0.1, -0.05) is 64.8 Å². The second-order valence-corrected chi connectivity index (χ2v) is 8.63. The van der Waals surface area contributed by atoms with Crippen molar-refractivity contribution in [3.8, 4) is 0 Å². The van der Waals surface area contributed by atoms with Crippen molar-refractivity contribution >= 4 is 56.6 Å². The van der Waals surface area contributed by atoms with Crippen LogP contribution in [0.4, 0.5) is 5.69 Å². The van der Waals surface area contributed by atoms with Gasteiger partial charge in [0.1, 0.15) is 11.4 Å². The Morgan fingerprint density at radius 2 is 1.71 bits per heavy atom. The molecule has 0 N–H and O–H groups in total. The summed E-state index contributed by atoms with van der Waals surface area (Å²) >= 11 is 15.7. The molecule has 0 aromatic heterocycles. The summed E-state index contributed by atoms with van der Waals surface area (Å²) in [6.45, 7) is 7.57. The predicted molar refractivity (Wildman–Crippen MR) is 116 cm³/mol. The molecule has 3 rings (SSSR count). The van der Waals surface area contributed by atoms with Gasteiger partial charge in [0.2, 0.25) is 5.91 Å². The van der Waals surface area contributed by atoms with E-state index in [1.165, 1.54) is 9.80 Å². The van der Waals surface area contributed by atoms with E-state index in [-0.39, 0.29) is 18.2 Å². The number of hydrogen-bond acceptors (Lipinski definition) is 2. The first-order valence-electron chi connectivity index (χ1n) is 8.74. The Bertz CT molecular complexity index is 941. The van der Waals surface area contributed by atoms with E-state index in [9.17, 15) is 9.59 Å². The highest BCUT2D eigenvalue weighted by Gasteiger charge is 2.53. The number of benzene rings is 2. The zero-order valence-corrected chi connectivity index (χ0v) is 18.6. The van der Waals surface area contributed by atoms with E-state index >= 15 is 0 Å². The van der Waals surface area contributed by atoms with Gasteiger partial charge in [-0.2, -0.15) is 0 Å². The summed E-state index contributed by atoms with van der Waals surface area (Å²) in [6, 6.07) is 12.5. The highest BCUT2D eigenvalue weighted by Crippen LogP contribution is 2.40. The van der Waals surface area contributed by atoms with E-state index in [1.807, 2.05) is 24.3 Å². The third-order valence-corrected chi connectivity index (χ3v) is 5.76. The molecular weight excluding hydrogens is 463 g/mol. The Morgan fingerprint density at radius 1 is 1.14 bits per heavy atom. The monoisotopic (exact) mass is 480 g/mol. The average Bonchev–Trinajstić information content (AvgIpc) is 2.81. The maximum Gasteiger partial charge on any atom is 0.259 e. The molecule has 1 fully saturated rings. The molecule has 1 atom stereocenters. The fourth-order valence-corrected chi connectivity index (χ4v) is 4.28. The van der Waals surface area contributed by atoms with Crippen LogP contribution in [0.25, 0.3) is 0 Å². The Kier molecular flexibility index (Phi) is 5.89. The zero-order chi connectivity index (χ0) is 20.6. The minimum Gasteiger partial charge on any atom is -0.283 e. The molecule has 28 heavy (non-hydrogen) atoms. The molecule has 0 unspecified atom stereocenters. The van der Waals surface area contributed by atoms with Gasteiger partial charge in [0.25, 0.3) is 5.91 Å². The normalized spacial score (nSPS) is 19.5. The number of halogens is 3. The lowest BCUT2D eigenvalue weighted by molar-refractivity contribution is -0.138. The van der Waals surface area contributed by atoms with Crippen molar-refractivity contribution in [3.63, 3.8) is 0 Å². The Hall–Kier alpha value is -1.82. The maximum absolute atomic E-state index is 13.5. The van der Waals surface area contributed by atoms with Crippen LogP contribution < -0.4 is 4.90 Å². The number of nitrogens with zero attached hydrogens (tertiary/aromatic N) is 2. The molecule has 1 aliphatic heterocycles. The van der Waals surface area contributed by atoms with Gasteiger partial charge in [0.05, 0.1) is 5.69 Å². The van der Waals surface area contributed by atoms with Crippen molar-refractivity contribution in [2.24, 2.45) is 0 Å². The van der Waals surface area contributed by atoms with E-state index in [1.54, 1.807) is 32.0 Å². The molecule has 0 aliphatic carbocycles. The van der Waals surface area contributed by atoms with Crippen LogP contribution in [-0.2, 0) is 16.0 Å². The van der Waals surface area contributed by atoms with Gasteiger partial charge in [0, 0.05) is 27.4 Å². The van der Waals surface area contributed by atoms with E-state index in [4.69, 9.17) is 23.2 Å². The van der Waals surface area contributed by atoms with Crippen molar-refractivity contribution in [1.29, 1.82) is 0 Å². The summed E-state index contributed by atoms with van der Waals surface area (Å²) in [5.74, 6) is -0.121. The Morgan fingerprint density at radius 3 is 2.25 bits per heavy atom. The summed E-state index contributed by atoms with van der Waals surface area (Å²) in [5.41, 5.74) is 0.319. The molecule has 0 radical (unpaired) electrons. The third-order valence-electron chi connectivity index (χ3n) is 4.79. The van der Waals surface area contributed by atoms with Crippen LogP contribution in [0.15, 0.2) is 59.3 Å². The Labute approximate surface area is 182 Å². The smallest absolute Gasteiger partial charge is 0.259 e. The molecule has 1 saturated heterocycles. The first kappa shape index (κ1) is 20.9. The quantitative estimate of drug-likeness (QED) is 0.552. The highest BCUT2D eigenvalue weighted by molar-refractivity contribution is 9.10. The first-order valence-corrected chi connectivity index (χ1v) is 10.3. The van der Waals surface area contributed by atoms with Crippen molar-refractivity contribution in [3.05, 3.63) is 74.9 Å². The molecule has 1 heterocycles. The lowest BCUT2D eigenvalue weighted by atomic mass is 9.90. The van der Waals surface area contributed by atoms with Gasteiger partial charge in [-0.05, 0) is 42.8 Å². The van der Waals surface area contributed by atoms with Crippen LogP contribution in [0.5, 0.6) is 0 Å². The fourth-order valence-electron chi connectivity index (χ4n) is 3.50. The van der Waals surface area contributed by atoms with Gasteiger partial charge in [0.15, 0.2) is 0 Å². The summed E-state index contributed by atoms with van der Waals surface area (Å²) in [7, 11) is 0. The van der Waals surface area contributed by atoms with Crippen LogP contribution >= 0.6 is 39.1 Å². The van der Waals surface area contributed by atoms with Crippen LogP contribution in [0.2, 0.25) is 10.0 Å². The SMILES string of the molecule is C=C1N(c2cc(Cl)cc(Cl)c2)C(=O)[C@@](C)(Cc2ccc(Br)cc2)N1C(=O)CC. The van der Waals surface area contributed by atoms with E-state index < -0.39 is 5.54 Å². The second-order valence-electron chi connectivity index (χ2n) is 6.84. The molecule has 146 valence electrons. The van der Waals surface area contributed by atoms with Crippen LogP contribution in [0.3, 0.4) is 0 Å². The van der Waals surface area contributed by atoms with Gasteiger partial charge < -0.3 is 0 Å². The average molecular weight is 482 g/mol. The topological polar surface area (TPSA) is 40.6 Å². The molecule has 0 saturated carbocycles. The van der Waals surface area contributed by atoms with Gasteiger partial charge in [-0.25, -0.2) is 0 Å². The maximum atomic E-state index is 13.5. The van der Waals surface area contributed by atoms with E-state index in [0.29, 0.717) is 28.0 Å². The minimum atomic E-state index is -1.10. The largest absolute Gasteiger partial charge is 0.283 e. The fraction of sp³-hybridized carbons (Fsp3) is 0.238. The molecule has 2 aromatic carbocycles.